The molecule has 4 saturated carbocycles. The Balaban J connectivity index is 1.33. The van der Waals surface area contributed by atoms with Gasteiger partial charge in [-0.05, 0) is 114 Å². The van der Waals surface area contributed by atoms with Crippen molar-refractivity contribution >= 4 is 76.6 Å². The monoisotopic (exact) mass is 1290 g/mol. The van der Waals surface area contributed by atoms with Gasteiger partial charge in [-0.15, -0.1) is 11.6 Å². The molecular formula is C64H103ClF3N11O11. The van der Waals surface area contributed by atoms with Crippen molar-refractivity contribution in [3.8, 4) is 0 Å². The number of likely N-dealkylation sites (N-methyl/N-ethyl adjacent to an activating group) is 6. The van der Waals surface area contributed by atoms with Gasteiger partial charge in [-0.3, -0.25) is 52.7 Å². The van der Waals surface area contributed by atoms with Gasteiger partial charge in [0.2, 0.25) is 65.0 Å². The van der Waals surface area contributed by atoms with Crippen LogP contribution >= 0.6 is 11.6 Å². The number of halogens is 4. The van der Waals surface area contributed by atoms with Crippen LogP contribution in [0.15, 0.2) is 0 Å². The van der Waals surface area contributed by atoms with E-state index in [1.165, 1.54) is 71.7 Å². The van der Waals surface area contributed by atoms with Crippen molar-refractivity contribution in [3.05, 3.63) is 0 Å². The maximum Gasteiger partial charge on any atom is 0.393 e. The Hall–Kier alpha value is -5.75. The first-order valence-corrected chi connectivity index (χ1v) is 33.4. The smallest absolute Gasteiger partial charge is 0.351 e. The Morgan fingerprint density at radius 3 is 1.77 bits per heavy atom. The molecule has 0 aromatic carbocycles. The van der Waals surface area contributed by atoms with E-state index < -0.39 is 156 Å². The molecule has 0 aromatic rings. The van der Waals surface area contributed by atoms with Gasteiger partial charge in [0, 0.05) is 66.7 Å². The highest BCUT2D eigenvalue weighted by Crippen LogP contribution is 2.44. The number of rotatable bonds is 10. The number of nitrogens with zero attached hydrogens (tertiary/aromatic N) is 7. The first-order chi connectivity index (χ1) is 42.2. The summed E-state index contributed by atoms with van der Waals surface area (Å²) in [5, 5.41) is 10.5. The predicted octanol–water partition coefficient (Wildman–Crippen LogP) is 4.98. The van der Waals surface area contributed by atoms with Gasteiger partial charge < -0.3 is 55.6 Å². The largest absolute Gasteiger partial charge is 0.393 e. The maximum absolute atomic E-state index is 15.0. The fourth-order valence-corrected chi connectivity index (χ4v) is 14.8. The summed E-state index contributed by atoms with van der Waals surface area (Å²) in [7, 11) is 8.67. The van der Waals surface area contributed by atoms with Gasteiger partial charge in [-0.2, -0.15) is 13.2 Å². The number of alkyl halides is 4. The first-order valence-electron chi connectivity index (χ1n) is 33.0. The number of fused-ring (bicyclic) bond motifs is 1. The number of amides is 11. The Labute approximate surface area is 535 Å². The van der Waals surface area contributed by atoms with E-state index in [1.807, 2.05) is 13.8 Å². The summed E-state index contributed by atoms with van der Waals surface area (Å²) in [4.78, 5) is 168. The SMILES string of the molecule is CC(C)C[C@H]1C(=O)N[C@@H](CC2CC2)C(=O)N(C)CC(=O)N(C)CC(=O)N(C)[C@@H](CC2CCCCC2)C(=O)N(C)CC(=O)N[C@@H](CCC2CCC(C(F)(F)F)C(Cl)C2)C(=O)N2CCC[C@H]2C(=O)NC2(CCCC2)C(=O)N(C)[C@@H](C(C)C)C(=O)N[C@H](C)CC(=O)N1C. The van der Waals surface area contributed by atoms with Crippen LogP contribution in [-0.4, -0.2) is 227 Å². The lowest BCUT2D eigenvalue weighted by Crippen LogP contribution is -2.64. The summed E-state index contributed by atoms with van der Waals surface area (Å²) in [5.74, 6) is -8.85. The van der Waals surface area contributed by atoms with Crippen LogP contribution in [0.5, 0.6) is 0 Å². The van der Waals surface area contributed by atoms with E-state index in [2.05, 4.69) is 21.3 Å². The molecule has 6 rings (SSSR count). The van der Waals surface area contributed by atoms with Gasteiger partial charge >= 0.3 is 6.18 Å². The van der Waals surface area contributed by atoms with Gasteiger partial charge in [-0.1, -0.05) is 85.5 Å². The van der Waals surface area contributed by atoms with Crippen molar-refractivity contribution in [3.63, 3.8) is 0 Å². The zero-order valence-corrected chi connectivity index (χ0v) is 55.9. The van der Waals surface area contributed by atoms with Crippen LogP contribution in [0.4, 0.5) is 13.2 Å². The molecule has 6 fully saturated rings. The van der Waals surface area contributed by atoms with Crippen LogP contribution in [0.1, 0.15) is 176 Å². The van der Waals surface area contributed by atoms with Gasteiger partial charge in [-0.25, -0.2) is 0 Å². The highest BCUT2D eigenvalue weighted by atomic mass is 35.5. The van der Waals surface area contributed by atoms with Crippen LogP contribution in [0.3, 0.4) is 0 Å². The van der Waals surface area contributed by atoms with Crippen molar-refractivity contribution < 1.29 is 65.9 Å². The first kappa shape index (κ1) is 73.3. The molecule has 2 heterocycles. The topological polar surface area (TPSA) is 259 Å². The Bertz CT molecular complexity index is 2580. The number of carbonyl (C=O) groups is 11. The van der Waals surface area contributed by atoms with Gasteiger partial charge in [0.25, 0.3) is 0 Å². The average Bonchev–Trinajstić information content (AvgIpc) is 1.61. The number of hydrogen-bond donors (Lipinski definition) is 4. The zero-order valence-electron chi connectivity index (χ0n) is 55.1. The minimum Gasteiger partial charge on any atom is -0.351 e. The molecule has 0 aromatic heterocycles. The fraction of sp³-hybridized carbons (Fsp3) is 0.828. The minimum absolute atomic E-state index is 0.0165. The summed E-state index contributed by atoms with van der Waals surface area (Å²) in [6.07, 6.45) is 4.48. The highest BCUT2D eigenvalue weighted by molar-refractivity contribution is 6.20. The zero-order chi connectivity index (χ0) is 66.7. The molecule has 26 heteroatoms. The molecule has 3 unspecified atom stereocenters. The quantitative estimate of drug-likeness (QED) is 0.212. The van der Waals surface area contributed by atoms with Crippen LogP contribution in [0, 0.1) is 35.5 Å². The second-order valence-corrected chi connectivity index (χ2v) is 28.6. The van der Waals surface area contributed by atoms with Crippen molar-refractivity contribution in [2.75, 3.05) is 68.5 Å². The Morgan fingerprint density at radius 1 is 0.567 bits per heavy atom. The summed E-state index contributed by atoms with van der Waals surface area (Å²) in [5.41, 5.74) is -1.47. The van der Waals surface area contributed by atoms with Crippen molar-refractivity contribution in [2.24, 2.45) is 35.5 Å². The second kappa shape index (κ2) is 32.2. The molecule has 4 aliphatic carbocycles. The van der Waals surface area contributed by atoms with Gasteiger partial charge in [0.15, 0.2) is 0 Å². The lowest BCUT2D eigenvalue weighted by atomic mass is 9.78. The third kappa shape index (κ3) is 19.4. The molecule has 10 atom stereocenters. The molecular weight excluding hydrogens is 1190 g/mol. The summed E-state index contributed by atoms with van der Waals surface area (Å²) in [6, 6.07) is -7.45. The van der Waals surface area contributed by atoms with Gasteiger partial charge in [0.05, 0.1) is 25.6 Å². The molecule has 2 aliphatic heterocycles. The molecule has 6 aliphatic rings. The molecule has 11 amide bonds. The van der Waals surface area contributed by atoms with Crippen LogP contribution in [0.2, 0.25) is 0 Å². The highest BCUT2D eigenvalue weighted by Gasteiger charge is 2.51. The second-order valence-electron chi connectivity index (χ2n) is 28.0. The number of carbonyl (C=O) groups excluding carboxylic acids is 11. The van der Waals surface area contributed by atoms with Gasteiger partial charge in [0.1, 0.15) is 41.8 Å². The van der Waals surface area contributed by atoms with E-state index in [-0.39, 0.29) is 107 Å². The van der Waals surface area contributed by atoms with Crippen LogP contribution in [0.25, 0.3) is 0 Å². The molecule has 2 saturated heterocycles. The van der Waals surface area contributed by atoms with Crippen molar-refractivity contribution in [1.82, 2.24) is 55.6 Å². The molecule has 508 valence electrons. The number of nitrogens with one attached hydrogen (secondary N) is 4. The number of hydrogen-bond acceptors (Lipinski definition) is 11. The normalized spacial score (nSPS) is 30.3. The summed E-state index contributed by atoms with van der Waals surface area (Å²) >= 11 is 6.36. The predicted molar refractivity (Wildman–Crippen MR) is 331 cm³/mol. The van der Waals surface area contributed by atoms with E-state index in [1.54, 1.807) is 20.8 Å². The lowest BCUT2D eigenvalue weighted by Gasteiger charge is -2.39. The fourth-order valence-electron chi connectivity index (χ4n) is 14.3. The van der Waals surface area contributed by atoms with E-state index in [0.717, 1.165) is 49.8 Å². The molecule has 4 N–H and O–H groups in total. The van der Waals surface area contributed by atoms with Crippen molar-refractivity contribution in [1.29, 1.82) is 0 Å². The maximum atomic E-state index is 15.0. The van der Waals surface area contributed by atoms with E-state index >= 15 is 9.59 Å². The Morgan fingerprint density at radius 2 is 1.17 bits per heavy atom. The third-order valence-electron chi connectivity index (χ3n) is 19.8. The molecule has 1 spiro atoms. The standard InChI is InChI=1S/C64H103ClF3N11O11/c1-38(2)30-49-56(84)71-47(33-43-21-22-43)59(87)75(8)36-53(82)73(6)37-54(83)77(10)50(34-41-18-13-12-14-19-41)61(89)74(7)35-51(80)70-46(26-24-42-23-25-44(45(65)32-42)64(66,67)68)60(88)79-29-17-20-48(79)57(85)72-63(27-15-16-28-63)62(90)78(11)55(39(3)4)58(86)69-40(5)31-52(81)76(49)9/h38-50,55H,12-37H2,1-11H3,(H,69,86)(H,70,80)(H,71,84)(H,72,85)/t40-,42?,44?,45?,46+,47+,48+,49+,50+,55+/m1/s1. The Kier molecular flexibility index (Phi) is 26.2. The summed E-state index contributed by atoms with van der Waals surface area (Å²) in [6.45, 7) is 7.54. The van der Waals surface area contributed by atoms with E-state index in [0.29, 0.717) is 19.3 Å². The van der Waals surface area contributed by atoms with E-state index in [9.17, 15) is 56.3 Å². The molecule has 0 bridgehead atoms. The molecule has 22 nitrogen and oxygen atoms in total. The summed E-state index contributed by atoms with van der Waals surface area (Å²) < 4.78 is 41.7. The molecule has 90 heavy (non-hydrogen) atoms. The van der Waals surface area contributed by atoms with Crippen LogP contribution in [-0.2, 0) is 52.7 Å². The van der Waals surface area contributed by atoms with E-state index in [4.69, 9.17) is 11.6 Å². The van der Waals surface area contributed by atoms with Crippen molar-refractivity contribution in [2.45, 2.75) is 235 Å². The minimum atomic E-state index is -4.49. The lowest BCUT2D eigenvalue weighted by molar-refractivity contribution is -0.182. The molecule has 0 radical (unpaired) electrons. The third-order valence-corrected chi connectivity index (χ3v) is 20.3. The van der Waals surface area contributed by atoms with Crippen LogP contribution < -0.4 is 21.3 Å². The average molecular weight is 1300 g/mol.